The lowest BCUT2D eigenvalue weighted by Crippen LogP contribution is -2.22. The number of halogens is 1. The van der Waals surface area contributed by atoms with Crippen LogP contribution in [0.2, 0.25) is 5.02 Å². The first-order valence-corrected chi connectivity index (χ1v) is 9.19. The summed E-state index contributed by atoms with van der Waals surface area (Å²) in [5.74, 6) is -0.322. The van der Waals surface area contributed by atoms with Gasteiger partial charge in [-0.3, -0.25) is 9.59 Å². The molecule has 8 nitrogen and oxygen atoms in total. The van der Waals surface area contributed by atoms with Gasteiger partial charge in [0.15, 0.2) is 6.61 Å². The first-order chi connectivity index (χ1) is 14.0. The van der Waals surface area contributed by atoms with Crippen LogP contribution in [0.5, 0.6) is 5.75 Å². The van der Waals surface area contributed by atoms with Crippen molar-refractivity contribution in [3.63, 3.8) is 0 Å². The lowest BCUT2D eigenvalue weighted by atomic mass is 10.2. The van der Waals surface area contributed by atoms with Crippen molar-refractivity contribution in [2.75, 3.05) is 18.5 Å². The summed E-state index contributed by atoms with van der Waals surface area (Å²) in [6, 6.07) is 12.4. The molecule has 0 aliphatic carbocycles. The smallest absolute Gasteiger partial charge is 0.309 e. The molecule has 150 valence electrons. The number of amides is 1. The zero-order valence-corrected chi connectivity index (χ0v) is 16.4. The van der Waals surface area contributed by atoms with Crippen molar-refractivity contribution < 1.29 is 19.1 Å². The number of carbonyl (C=O) groups is 2. The summed E-state index contributed by atoms with van der Waals surface area (Å²) in [5.41, 5.74) is 1.98. The van der Waals surface area contributed by atoms with Gasteiger partial charge in [0.25, 0.3) is 5.91 Å². The minimum atomic E-state index is -0.531. The van der Waals surface area contributed by atoms with E-state index in [1.54, 1.807) is 18.2 Å². The Kier molecular flexibility index (Phi) is 6.80. The fourth-order valence-electron chi connectivity index (χ4n) is 2.51. The van der Waals surface area contributed by atoms with Gasteiger partial charge in [-0.25, -0.2) is 9.67 Å². The van der Waals surface area contributed by atoms with E-state index in [0.717, 1.165) is 5.56 Å². The quantitative estimate of drug-likeness (QED) is 0.569. The van der Waals surface area contributed by atoms with Crippen LogP contribution in [0.15, 0.2) is 55.1 Å². The summed E-state index contributed by atoms with van der Waals surface area (Å²) >= 11 is 6.01. The van der Waals surface area contributed by atoms with Crippen molar-refractivity contribution in [2.45, 2.75) is 13.3 Å². The number of esters is 1. The zero-order chi connectivity index (χ0) is 20.6. The van der Waals surface area contributed by atoms with Gasteiger partial charge in [0, 0.05) is 5.02 Å². The van der Waals surface area contributed by atoms with Crippen LogP contribution < -0.4 is 10.1 Å². The lowest BCUT2D eigenvalue weighted by molar-refractivity contribution is -0.147. The van der Waals surface area contributed by atoms with Gasteiger partial charge in [0.05, 0.1) is 24.4 Å². The second kappa shape index (κ2) is 9.70. The van der Waals surface area contributed by atoms with Gasteiger partial charge >= 0.3 is 5.97 Å². The standard InChI is InChI=1S/C20H19ClN4O4/c1-14-4-2-3-5-18(14)28-9-8-20(27)29-11-19(26)24-16-10-15(21)6-7-17(16)25-13-22-12-23-25/h2-7,10,12-13H,8-9,11H2,1H3,(H,24,26). The highest BCUT2D eigenvalue weighted by Gasteiger charge is 2.12. The molecule has 3 rings (SSSR count). The highest BCUT2D eigenvalue weighted by Crippen LogP contribution is 2.24. The number of para-hydroxylation sites is 1. The Bertz CT molecular complexity index is 992. The Morgan fingerprint density at radius 1 is 1.21 bits per heavy atom. The normalized spacial score (nSPS) is 10.4. The molecule has 1 heterocycles. The average Bonchev–Trinajstić information content (AvgIpc) is 3.22. The molecule has 1 N–H and O–H groups in total. The molecule has 3 aromatic rings. The van der Waals surface area contributed by atoms with Crippen molar-refractivity contribution in [2.24, 2.45) is 0 Å². The van der Waals surface area contributed by atoms with Crippen LogP contribution in [0.25, 0.3) is 5.69 Å². The third kappa shape index (κ3) is 5.79. The van der Waals surface area contributed by atoms with E-state index in [9.17, 15) is 9.59 Å². The van der Waals surface area contributed by atoms with Crippen LogP contribution in [0.3, 0.4) is 0 Å². The Labute approximate surface area is 172 Å². The SMILES string of the molecule is Cc1ccccc1OCCC(=O)OCC(=O)Nc1cc(Cl)ccc1-n1cncn1. The van der Waals surface area contributed by atoms with E-state index in [2.05, 4.69) is 15.4 Å². The molecule has 0 aliphatic rings. The van der Waals surface area contributed by atoms with Crippen molar-refractivity contribution >= 4 is 29.2 Å². The molecule has 0 spiro atoms. The van der Waals surface area contributed by atoms with Crippen LogP contribution in [-0.4, -0.2) is 39.9 Å². The predicted molar refractivity (Wildman–Crippen MR) is 107 cm³/mol. The van der Waals surface area contributed by atoms with E-state index in [1.165, 1.54) is 17.3 Å². The molecule has 0 fully saturated rings. The monoisotopic (exact) mass is 414 g/mol. The number of ether oxygens (including phenoxy) is 2. The molecule has 9 heteroatoms. The van der Waals surface area contributed by atoms with E-state index in [-0.39, 0.29) is 13.0 Å². The molecule has 0 saturated heterocycles. The molecule has 0 radical (unpaired) electrons. The number of rotatable bonds is 8. The number of hydrogen-bond donors (Lipinski definition) is 1. The molecule has 2 aromatic carbocycles. The topological polar surface area (TPSA) is 95.3 Å². The Morgan fingerprint density at radius 2 is 2.03 bits per heavy atom. The van der Waals surface area contributed by atoms with Crippen LogP contribution in [-0.2, 0) is 14.3 Å². The molecule has 0 bridgehead atoms. The van der Waals surface area contributed by atoms with Crippen molar-refractivity contribution in [3.05, 3.63) is 65.7 Å². The number of aromatic nitrogens is 3. The third-order valence-corrected chi connectivity index (χ3v) is 4.15. The maximum Gasteiger partial charge on any atom is 0.309 e. The van der Waals surface area contributed by atoms with Crippen molar-refractivity contribution in [1.29, 1.82) is 0 Å². The van der Waals surface area contributed by atoms with Gasteiger partial charge in [-0.1, -0.05) is 29.8 Å². The molecule has 0 aliphatic heterocycles. The fourth-order valence-corrected chi connectivity index (χ4v) is 2.68. The van der Waals surface area contributed by atoms with E-state index in [1.807, 2.05) is 31.2 Å². The first-order valence-electron chi connectivity index (χ1n) is 8.81. The number of benzene rings is 2. The summed E-state index contributed by atoms with van der Waals surface area (Å²) in [7, 11) is 0. The van der Waals surface area contributed by atoms with Gasteiger partial charge in [0.1, 0.15) is 18.4 Å². The minimum absolute atomic E-state index is 0.0307. The largest absolute Gasteiger partial charge is 0.493 e. The van der Waals surface area contributed by atoms with Gasteiger partial charge in [-0.15, -0.1) is 0 Å². The lowest BCUT2D eigenvalue weighted by Gasteiger charge is -2.12. The van der Waals surface area contributed by atoms with Crippen LogP contribution in [0, 0.1) is 6.92 Å². The Morgan fingerprint density at radius 3 is 2.79 bits per heavy atom. The average molecular weight is 415 g/mol. The summed E-state index contributed by atoms with van der Waals surface area (Å²) in [6.45, 7) is 1.66. The molecular weight excluding hydrogens is 396 g/mol. The van der Waals surface area contributed by atoms with Crippen LogP contribution in [0.4, 0.5) is 5.69 Å². The second-order valence-corrected chi connectivity index (χ2v) is 6.51. The third-order valence-electron chi connectivity index (χ3n) is 3.92. The van der Waals surface area contributed by atoms with Crippen molar-refractivity contribution in [3.8, 4) is 11.4 Å². The van der Waals surface area contributed by atoms with E-state index >= 15 is 0 Å². The van der Waals surface area contributed by atoms with Gasteiger partial charge in [0.2, 0.25) is 0 Å². The summed E-state index contributed by atoms with van der Waals surface area (Å²) < 4.78 is 12.0. The number of nitrogens with one attached hydrogen (secondary N) is 1. The molecule has 0 unspecified atom stereocenters. The number of anilines is 1. The maximum absolute atomic E-state index is 12.2. The van der Waals surface area contributed by atoms with E-state index in [4.69, 9.17) is 21.1 Å². The van der Waals surface area contributed by atoms with E-state index < -0.39 is 18.5 Å². The summed E-state index contributed by atoms with van der Waals surface area (Å²) in [4.78, 5) is 27.9. The maximum atomic E-state index is 12.2. The van der Waals surface area contributed by atoms with Gasteiger partial charge < -0.3 is 14.8 Å². The van der Waals surface area contributed by atoms with Gasteiger partial charge in [-0.2, -0.15) is 5.10 Å². The number of nitrogens with zero attached hydrogens (tertiary/aromatic N) is 3. The van der Waals surface area contributed by atoms with Gasteiger partial charge in [-0.05, 0) is 36.8 Å². The molecule has 29 heavy (non-hydrogen) atoms. The molecular formula is C20H19ClN4O4. The fraction of sp³-hybridized carbons (Fsp3) is 0.200. The highest BCUT2D eigenvalue weighted by molar-refractivity contribution is 6.31. The molecule has 1 amide bonds. The van der Waals surface area contributed by atoms with Crippen LogP contribution in [0.1, 0.15) is 12.0 Å². The molecule has 0 atom stereocenters. The Hall–Kier alpha value is -3.39. The number of aryl methyl sites for hydroxylation is 1. The summed E-state index contributed by atoms with van der Waals surface area (Å²) in [5, 5.41) is 7.14. The minimum Gasteiger partial charge on any atom is -0.493 e. The number of carbonyl (C=O) groups excluding carboxylic acids is 2. The van der Waals surface area contributed by atoms with Crippen molar-refractivity contribution in [1.82, 2.24) is 14.8 Å². The Balaban J connectivity index is 1.48. The second-order valence-electron chi connectivity index (χ2n) is 6.07. The molecule has 0 saturated carbocycles. The predicted octanol–water partition coefficient (Wildman–Crippen LogP) is 3.18. The highest BCUT2D eigenvalue weighted by atomic mass is 35.5. The van der Waals surface area contributed by atoms with Crippen LogP contribution >= 0.6 is 11.6 Å². The summed E-state index contributed by atoms with van der Waals surface area (Å²) in [6.07, 6.45) is 2.90. The first kappa shape index (κ1) is 20.3. The van der Waals surface area contributed by atoms with E-state index in [0.29, 0.717) is 22.1 Å². The zero-order valence-electron chi connectivity index (χ0n) is 15.7. The molecule has 1 aromatic heterocycles. The number of hydrogen-bond acceptors (Lipinski definition) is 6.